The SMILES string of the molecule is COc1ccc(C2(c3cccc([N+](=O)[O-])c3)CSC(CC(=O)c3ccccc3)=N2)cc1. The summed E-state index contributed by atoms with van der Waals surface area (Å²) < 4.78 is 5.27. The number of thioether (sulfide) groups is 1. The summed E-state index contributed by atoms with van der Waals surface area (Å²) in [5.74, 6) is 1.27. The number of Topliss-reactive ketones (excluding diaryl/α,β-unsaturated/α-hetero) is 1. The zero-order chi connectivity index (χ0) is 21.8. The van der Waals surface area contributed by atoms with Crippen molar-refractivity contribution in [2.24, 2.45) is 4.99 Å². The van der Waals surface area contributed by atoms with Crippen molar-refractivity contribution in [3.8, 4) is 5.75 Å². The van der Waals surface area contributed by atoms with Crippen LogP contribution in [0.2, 0.25) is 0 Å². The van der Waals surface area contributed by atoms with Gasteiger partial charge in [-0.15, -0.1) is 11.8 Å². The Bertz CT molecular complexity index is 1150. The summed E-state index contributed by atoms with van der Waals surface area (Å²) in [5.41, 5.74) is 1.46. The molecule has 0 saturated heterocycles. The van der Waals surface area contributed by atoms with Gasteiger partial charge in [-0.2, -0.15) is 0 Å². The van der Waals surface area contributed by atoms with Crippen molar-refractivity contribution < 1.29 is 14.5 Å². The van der Waals surface area contributed by atoms with Gasteiger partial charge in [-0.25, -0.2) is 0 Å². The lowest BCUT2D eigenvalue weighted by atomic mass is 9.84. The maximum atomic E-state index is 12.7. The van der Waals surface area contributed by atoms with Gasteiger partial charge in [0.1, 0.15) is 11.3 Å². The minimum atomic E-state index is -0.810. The highest BCUT2D eigenvalue weighted by atomic mass is 32.2. The van der Waals surface area contributed by atoms with Gasteiger partial charge < -0.3 is 4.74 Å². The highest BCUT2D eigenvalue weighted by Crippen LogP contribution is 2.44. The lowest BCUT2D eigenvalue weighted by Gasteiger charge is -2.26. The fourth-order valence-electron chi connectivity index (χ4n) is 3.63. The molecule has 6 nitrogen and oxygen atoms in total. The van der Waals surface area contributed by atoms with E-state index in [0.717, 1.165) is 16.2 Å². The van der Waals surface area contributed by atoms with Gasteiger partial charge in [0, 0.05) is 23.4 Å². The first-order valence-corrected chi connectivity index (χ1v) is 10.7. The first kappa shape index (κ1) is 20.8. The summed E-state index contributed by atoms with van der Waals surface area (Å²) in [4.78, 5) is 28.6. The Hall–Kier alpha value is -3.45. The molecule has 0 radical (unpaired) electrons. The van der Waals surface area contributed by atoms with Crippen molar-refractivity contribution in [2.45, 2.75) is 12.0 Å². The Morgan fingerprint density at radius 3 is 2.48 bits per heavy atom. The number of carbonyl (C=O) groups is 1. The second kappa shape index (κ2) is 8.73. The molecule has 1 aliphatic rings. The van der Waals surface area contributed by atoms with Crippen molar-refractivity contribution in [3.05, 3.63) is 106 Å². The van der Waals surface area contributed by atoms with E-state index in [1.807, 2.05) is 48.5 Å². The van der Waals surface area contributed by atoms with Gasteiger partial charge in [-0.1, -0.05) is 54.6 Å². The van der Waals surface area contributed by atoms with Gasteiger partial charge in [-0.05, 0) is 23.3 Å². The molecule has 7 heteroatoms. The Labute approximate surface area is 184 Å². The summed E-state index contributed by atoms with van der Waals surface area (Å²) in [6.07, 6.45) is 0.196. The predicted octanol–water partition coefficient (Wildman–Crippen LogP) is 5.27. The molecule has 0 aliphatic carbocycles. The van der Waals surface area contributed by atoms with Crippen LogP contribution >= 0.6 is 11.8 Å². The zero-order valence-corrected chi connectivity index (χ0v) is 17.7. The number of ketones is 1. The summed E-state index contributed by atoms with van der Waals surface area (Å²) in [6.45, 7) is 0. The third-order valence-electron chi connectivity index (χ3n) is 5.27. The summed E-state index contributed by atoms with van der Waals surface area (Å²) in [7, 11) is 1.60. The molecule has 0 spiro atoms. The maximum absolute atomic E-state index is 12.7. The van der Waals surface area contributed by atoms with E-state index in [4.69, 9.17) is 9.73 Å². The van der Waals surface area contributed by atoms with Crippen molar-refractivity contribution in [1.29, 1.82) is 0 Å². The zero-order valence-electron chi connectivity index (χ0n) is 16.9. The Kier molecular flexibility index (Phi) is 5.86. The van der Waals surface area contributed by atoms with Crippen LogP contribution in [0, 0.1) is 10.1 Å². The number of hydrogen-bond acceptors (Lipinski definition) is 6. The molecule has 3 aromatic rings. The Balaban J connectivity index is 1.75. The number of ether oxygens (including phenoxy) is 1. The topological polar surface area (TPSA) is 81.8 Å². The minimum absolute atomic E-state index is 0.00331. The minimum Gasteiger partial charge on any atom is -0.497 e. The number of non-ortho nitro benzene ring substituents is 1. The molecule has 0 aromatic heterocycles. The van der Waals surface area contributed by atoms with Crippen LogP contribution in [-0.4, -0.2) is 28.6 Å². The van der Waals surface area contributed by atoms with Gasteiger partial charge in [-0.3, -0.25) is 19.9 Å². The van der Waals surface area contributed by atoms with Crippen LogP contribution in [0.25, 0.3) is 0 Å². The molecule has 3 aromatic carbocycles. The molecule has 0 N–H and O–H groups in total. The van der Waals surface area contributed by atoms with Gasteiger partial charge in [0.2, 0.25) is 0 Å². The monoisotopic (exact) mass is 432 g/mol. The smallest absolute Gasteiger partial charge is 0.269 e. The summed E-state index contributed by atoms with van der Waals surface area (Å²) in [5, 5.41) is 12.1. The van der Waals surface area contributed by atoms with E-state index in [1.54, 1.807) is 31.4 Å². The number of carbonyl (C=O) groups excluding carboxylic acids is 1. The maximum Gasteiger partial charge on any atom is 0.269 e. The molecule has 4 rings (SSSR count). The number of methoxy groups -OCH3 is 1. The van der Waals surface area contributed by atoms with E-state index in [9.17, 15) is 14.9 Å². The second-order valence-electron chi connectivity index (χ2n) is 7.16. The lowest BCUT2D eigenvalue weighted by molar-refractivity contribution is -0.384. The first-order chi connectivity index (χ1) is 15.0. The number of benzene rings is 3. The molecule has 0 amide bonds. The molecular formula is C24H20N2O4S. The second-order valence-corrected chi connectivity index (χ2v) is 8.21. The van der Waals surface area contributed by atoms with Crippen LogP contribution in [0.4, 0.5) is 5.69 Å². The number of hydrogen-bond donors (Lipinski definition) is 0. The standard InChI is InChI=1S/C24H20N2O4S/c1-30-21-12-10-18(11-13-21)24(19-8-5-9-20(14-19)26(28)29)16-31-23(25-24)15-22(27)17-6-3-2-4-7-17/h2-14H,15-16H2,1H3. The van der Waals surface area contributed by atoms with E-state index in [1.165, 1.54) is 17.8 Å². The highest BCUT2D eigenvalue weighted by molar-refractivity contribution is 8.14. The van der Waals surface area contributed by atoms with Gasteiger partial charge in [0.25, 0.3) is 5.69 Å². The molecule has 1 heterocycles. The van der Waals surface area contributed by atoms with Crippen LogP contribution in [0.5, 0.6) is 5.75 Å². The van der Waals surface area contributed by atoms with Gasteiger partial charge in [0.05, 0.1) is 23.5 Å². The Morgan fingerprint density at radius 1 is 1.06 bits per heavy atom. The fraction of sp³-hybridized carbons (Fsp3) is 0.167. The Morgan fingerprint density at radius 2 is 1.81 bits per heavy atom. The van der Waals surface area contributed by atoms with E-state index >= 15 is 0 Å². The third-order valence-corrected chi connectivity index (χ3v) is 6.40. The van der Waals surface area contributed by atoms with Crippen LogP contribution < -0.4 is 4.74 Å². The first-order valence-electron chi connectivity index (χ1n) is 9.71. The number of nitro groups is 1. The molecule has 0 bridgehead atoms. The molecule has 0 saturated carbocycles. The van der Waals surface area contributed by atoms with Gasteiger partial charge in [0.15, 0.2) is 5.78 Å². The molecule has 1 atom stereocenters. The van der Waals surface area contributed by atoms with E-state index in [-0.39, 0.29) is 17.9 Å². The summed E-state index contributed by atoms with van der Waals surface area (Å²) >= 11 is 1.51. The van der Waals surface area contributed by atoms with E-state index in [2.05, 4.69) is 0 Å². The van der Waals surface area contributed by atoms with E-state index < -0.39 is 10.5 Å². The molecular weight excluding hydrogens is 412 g/mol. The van der Waals surface area contributed by atoms with Crippen LogP contribution in [0.1, 0.15) is 27.9 Å². The quantitative estimate of drug-likeness (QED) is 0.289. The molecule has 156 valence electrons. The largest absolute Gasteiger partial charge is 0.497 e. The molecule has 1 aliphatic heterocycles. The number of nitro benzene ring substituents is 1. The van der Waals surface area contributed by atoms with Gasteiger partial charge >= 0.3 is 0 Å². The average molecular weight is 433 g/mol. The van der Waals surface area contributed by atoms with Crippen LogP contribution in [-0.2, 0) is 5.54 Å². The normalized spacial score (nSPS) is 17.8. The molecule has 1 unspecified atom stereocenters. The molecule has 0 fully saturated rings. The van der Waals surface area contributed by atoms with Crippen molar-refractivity contribution in [3.63, 3.8) is 0 Å². The van der Waals surface area contributed by atoms with Crippen molar-refractivity contribution >= 4 is 28.3 Å². The summed E-state index contributed by atoms with van der Waals surface area (Å²) in [6, 6.07) is 23.2. The lowest BCUT2D eigenvalue weighted by Crippen LogP contribution is -2.26. The average Bonchev–Trinajstić information content (AvgIpc) is 3.24. The van der Waals surface area contributed by atoms with Crippen molar-refractivity contribution in [1.82, 2.24) is 0 Å². The number of nitrogens with zero attached hydrogens (tertiary/aromatic N) is 2. The predicted molar refractivity (Wildman–Crippen MR) is 122 cm³/mol. The van der Waals surface area contributed by atoms with Crippen molar-refractivity contribution in [2.75, 3.05) is 12.9 Å². The fourth-order valence-corrected chi connectivity index (χ4v) is 4.85. The van der Waals surface area contributed by atoms with E-state index in [0.29, 0.717) is 17.1 Å². The number of aliphatic imine (C=N–C) groups is 1. The highest BCUT2D eigenvalue weighted by Gasteiger charge is 2.40. The third kappa shape index (κ3) is 4.22. The molecule has 31 heavy (non-hydrogen) atoms. The number of rotatable bonds is 7. The van der Waals surface area contributed by atoms with Crippen LogP contribution in [0.3, 0.4) is 0 Å². The van der Waals surface area contributed by atoms with Crippen LogP contribution in [0.15, 0.2) is 83.9 Å².